The minimum atomic E-state index is -0.0129. The van der Waals surface area contributed by atoms with Crippen molar-refractivity contribution in [3.05, 3.63) is 70.4 Å². The van der Waals surface area contributed by atoms with Crippen LogP contribution in [0.4, 0.5) is 0 Å². The highest BCUT2D eigenvalue weighted by atomic mass is 35.5. The Morgan fingerprint density at radius 3 is 2.58 bits per heavy atom. The smallest absolute Gasteiger partial charge is 0.289 e. The number of benzene rings is 2. The number of hydrogen-bond donors (Lipinski definition) is 0. The van der Waals surface area contributed by atoms with E-state index in [1.165, 1.54) is 5.56 Å². The van der Waals surface area contributed by atoms with Crippen molar-refractivity contribution in [1.82, 2.24) is 9.80 Å². The van der Waals surface area contributed by atoms with Crippen LogP contribution < -0.4 is 0 Å². The molecule has 1 amide bonds. The molecule has 4 nitrogen and oxygen atoms in total. The quantitative estimate of drug-likeness (QED) is 0.689. The number of aryl methyl sites for hydroxylation is 1. The van der Waals surface area contributed by atoms with Crippen LogP contribution in [0.25, 0.3) is 11.0 Å². The molecule has 26 heavy (non-hydrogen) atoms. The Labute approximate surface area is 157 Å². The lowest BCUT2D eigenvalue weighted by atomic mass is 10.1. The Bertz CT molecular complexity index is 942. The highest BCUT2D eigenvalue weighted by molar-refractivity contribution is 6.30. The van der Waals surface area contributed by atoms with Gasteiger partial charge in [-0.1, -0.05) is 41.9 Å². The number of amides is 1. The van der Waals surface area contributed by atoms with E-state index < -0.39 is 0 Å². The van der Waals surface area contributed by atoms with Gasteiger partial charge in [-0.3, -0.25) is 9.69 Å². The molecule has 1 fully saturated rings. The molecule has 0 saturated carbocycles. The van der Waals surface area contributed by atoms with Crippen LogP contribution in [-0.2, 0) is 6.54 Å². The van der Waals surface area contributed by atoms with Crippen molar-refractivity contribution in [3.8, 4) is 0 Å². The zero-order valence-electron chi connectivity index (χ0n) is 14.7. The predicted octanol–water partition coefficient (Wildman–Crippen LogP) is 4.35. The molecule has 3 aromatic rings. The summed E-state index contributed by atoms with van der Waals surface area (Å²) >= 11 is 6.06. The number of carbonyl (C=O) groups is 1. The van der Waals surface area contributed by atoms with Gasteiger partial charge in [0.2, 0.25) is 0 Å². The summed E-state index contributed by atoms with van der Waals surface area (Å²) in [6.07, 6.45) is 0. The van der Waals surface area contributed by atoms with Crippen LogP contribution in [0.3, 0.4) is 0 Å². The zero-order valence-corrected chi connectivity index (χ0v) is 15.5. The number of carbonyl (C=O) groups excluding carboxylic acids is 1. The molecule has 4 rings (SSSR count). The molecule has 2 aromatic carbocycles. The van der Waals surface area contributed by atoms with Gasteiger partial charge in [0.15, 0.2) is 5.76 Å². The molecule has 2 heterocycles. The molecule has 0 aliphatic carbocycles. The summed E-state index contributed by atoms with van der Waals surface area (Å²) in [5, 5.41) is 1.77. The van der Waals surface area contributed by atoms with Crippen LogP contribution in [0.2, 0.25) is 5.02 Å². The second-order valence-corrected chi connectivity index (χ2v) is 7.19. The summed E-state index contributed by atoms with van der Waals surface area (Å²) in [4.78, 5) is 17.1. The molecule has 1 saturated heterocycles. The van der Waals surface area contributed by atoms with Gasteiger partial charge in [0.25, 0.3) is 5.91 Å². The normalized spacial score (nSPS) is 15.5. The van der Waals surface area contributed by atoms with Crippen LogP contribution in [0.15, 0.2) is 52.9 Å². The van der Waals surface area contributed by atoms with Gasteiger partial charge in [-0.2, -0.15) is 0 Å². The third-order valence-electron chi connectivity index (χ3n) is 4.99. The lowest BCUT2D eigenvalue weighted by Crippen LogP contribution is -2.48. The largest absolute Gasteiger partial charge is 0.451 e. The van der Waals surface area contributed by atoms with E-state index in [9.17, 15) is 4.79 Å². The van der Waals surface area contributed by atoms with Crippen molar-refractivity contribution in [2.75, 3.05) is 26.2 Å². The first kappa shape index (κ1) is 17.1. The third-order valence-corrected chi connectivity index (χ3v) is 5.23. The van der Waals surface area contributed by atoms with Gasteiger partial charge in [-0.25, -0.2) is 0 Å². The first-order valence-corrected chi connectivity index (χ1v) is 9.24. The van der Waals surface area contributed by atoms with E-state index in [0.717, 1.165) is 41.2 Å². The molecule has 5 heteroatoms. The molecule has 0 unspecified atom stereocenters. The van der Waals surface area contributed by atoms with Gasteiger partial charge in [0.1, 0.15) is 5.58 Å². The highest BCUT2D eigenvalue weighted by Crippen LogP contribution is 2.26. The van der Waals surface area contributed by atoms with E-state index >= 15 is 0 Å². The molecule has 1 aliphatic rings. The Kier molecular flexibility index (Phi) is 4.70. The van der Waals surface area contributed by atoms with Crippen molar-refractivity contribution < 1.29 is 9.21 Å². The number of rotatable bonds is 3. The first-order chi connectivity index (χ1) is 12.6. The number of furan rings is 1. The fourth-order valence-electron chi connectivity index (χ4n) is 3.52. The van der Waals surface area contributed by atoms with Gasteiger partial charge < -0.3 is 9.32 Å². The number of hydrogen-bond acceptors (Lipinski definition) is 3. The molecular formula is C21H21ClN2O2. The lowest BCUT2D eigenvalue weighted by Gasteiger charge is -2.34. The van der Waals surface area contributed by atoms with Gasteiger partial charge in [0.05, 0.1) is 0 Å². The number of fused-ring (bicyclic) bond motifs is 1. The molecule has 0 radical (unpaired) electrons. The van der Waals surface area contributed by atoms with E-state index in [1.807, 2.05) is 54.3 Å². The van der Waals surface area contributed by atoms with E-state index in [4.69, 9.17) is 16.0 Å². The highest BCUT2D eigenvalue weighted by Gasteiger charge is 2.26. The third kappa shape index (κ3) is 3.35. The predicted molar refractivity (Wildman–Crippen MR) is 104 cm³/mol. The number of piperazine rings is 1. The standard InChI is InChI=1S/C21H21ClN2O2/c1-15-18-7-2-3-8-19(18)26-20(15)21(25)24-11-9-23(10-12-24)14-16-5-4-6-17(22)13-16/h2-8,13H,9-12,14H2,1H3. The minimum Gasteiger partial charge on any atom is -0.451 e. The fourth-order valence-corrected chi connectivity index (χ4v) is 3.74. The van der Waals surface area contributed by atoms with Crippen LogP contribution in [-0.4, -0.2) is 41.9 Å². The van der Waals surface area contributed by atoms with Crippen molar-refractivity contribution in [2.45, 2.75) is 13.5 Å². The molecule has 0 N–H and O–H groups in total. The maximum absolute atomic E-state index is 12.9. The van der Waals surface area contributed by atoms with Crippen LogP contribution >= 0.6 is 11.6 Å². The Hall–Kier alpha value is -2.30. The van der Waals surface area contributed by atoms with Gasteiger partial charge in [-0.15, -0.1) is 0 Å². The average molecular weight is 369 g/mol. The van der Waals surface area contributed by atoms with E-state index in [-0.39, 0.29) is 5.91 Å². The van der Waals surface area contributed by atoms with Crippen molar-refractivity contribution in [3.63, 3.8) is 0 Å². The number of nitrogens with zero attached hydrogens (tertiary/aromatic N) is 2. The van der Waals surface area contributed by atoms with E-state index in [2.05, 4.69) is 11.0 Å². The van der Waals surface area contributed by atoms with Crippen LogP contribution in [0, 0.1) is 6.92 Å². The van der Waals surface area contributed by atoms with Gasteiger partial charge in [0, 0.05) is 48.7 Å². The summed E-state index contributed by atoms with van der Waals surface area (Å²) in [7, 11) is 0. The first-order valence-electron chi connectivity index (χ1n) is 8.86. The van der Waals surface area contributed by atoms with Crippen LogP contribution in [0.5, 0.6) is 0 Å². The summed E-state index contributed by atoms with van der Waals surface area (Å²) in [6, 6.07) is 15.7. The topological polar surface area (TPSA) is 36.7 Å². The summed E-state index contributed by atoms with van der Waals surface area (Å²) in [5.74, 6) is 0.454. The number of halogens is 1. The summed E-state index contributed by atoms with van der Waals surface area (Å²) in [5.41, 5.74) is 2.89. The SMILES string of the molecule is Cc1c(C(=O)N2CCN(Cc3cccc(Cl)c3)CC2)oc2ccccc12. The minimum absolute atomic E-state index is 0.0129. The van der Waals surface area contributed by atoms with Gasteiger partial charge in [-0.05, 0) is 30.7 Å². The van der Waals surface area contributed by atoms with Gasteiger partial charge >= 0.3 is 0 Å². The Morgan fingerprint density at radius 1 is 1.08 bits per heavy atom. The summed E-state index contributed by atoms with van der Waals surface area (Å²) < 4.78 is 5.83. The molecule has 0 bridgehead atoms. The monoisotopic (exact) mass is 368 g/mol. The second kappa shape index (κ2) is 7.14. The molecule has 1 aliphatic heterocycles. The molecular weight excluding hydrogens is 348 g/mol. The van der Waals surface area contributed by atoms with Crippen molar-refractivity contribution >= 4 is 28.5 Å². The maximum atomic E-state index is 12.9. The number of para-hydroxylation sites is 1. The van der Waals surface area contributed by atoms with Crippen LogP contribution in [0.1, 0.15) is 21.7 Å². The molecule has 1 aromatic heterocycles. The zero-order chi connectivity index (χ0) is 18.1. The van der Waals surface area contributed by atoms with E-state index in [1.54, 1.807) is 0 Å². The van der Waals surface area contributed by atoms with Crippen molar-refractivity contribution in [2.24, 2.45) is 0 Å². The molecule has 134 valence electrons. The second-order valence-electron chi connectivity index (χ2n) is 6.75. The Morgan fingerprint density at radius 2 is 1.85 bits per heavy atom. The van der Waals surface area contributed by atoms with E-state index in [0.29, 0.717) is 18.8 Å². The lowest BCUT2D eigenvalue weighted by molar-refractivity contribution is 0.0599. The molecule has 0 spiro atoms. The van der Waals surface area contributed by atoms with Crippen molar-refractivity contribution in [1.29, 1.82) is 0 Å². The maximum Gasteiger partial charge on any atom is 0.289 e. The fraction of sp³-hybridized carbons (Fsp3) is 0.286. The molecule has 0 atom stereocenters. The Balaban J connectivity index is 1.42. The summed E-state index contributed by atoms with van der Waals surface area (Å²) in [6.45, 7) is 5.90. The average Bonchev–Trinajstić information content (AvgIpc) is 2.99.